The summed E-state index contributed by atoms with van der Waals surface area (Å²) in [5.74, 6) is 0.858. The maximum absolute atomic E-state index is 13.0. The number of aromatic nitrogens is 3. The molecule has 0 spiro atoms. The van der Waals surface area contributed by atoms with Crippen molar-refractivity contribution in [1.29, 1.82) is 0 Å². The van der Waals surface area contributed by atoms with Crippen LogP contribution < -0.4 is 10.6 Å². The predicted octanol–water partition coefficient (Wildman–Crippen LogP) is 7.26. The molecule has 1 aromatic heterocycles. The van der Waals surface area contributed by atoms with Crippen LogP contribution in [0.5, 0.6) is 0 Å². The van der Waals surface area contributed by atoms with E-state index in [0.717, 1.165) is 15.7 Å². The van der Waals surface area contributed by atoms with E-state index < -0.39 is 6.04 Å². The quantitative estimate of drug-likeness (QED) is 0.231. The molecule has 2 aromatic carbocycles. The van der Waals surface area contributed by atoms with Crippen molar-refractivity contribution in [3.63, 3.8) is 0 Å². The summed E-state index contributed by atoms with van der Waals surface area (Å²) in [5, 5.41) is 16.0. The van der Waals surface area contributed by atoms with Gasteiger partial charge in [-0.2, -0.15) is 0 Å². The van der Waals surface area contributed by atoms with Crippen molar-refractivity contribution < 1.29 is 9.59 Å². The van der Waals surface area contributed by atoms with E-state index in [0.29, 0.717) is 28.0 Å². The Balaban J connectivity index is 1.71. The third-order valence-electron chi connectivity index (χ3n) is 5.61. The fourth-order valence-electron chi connectivity index (χ4n) is 3.81. The van der Waals surface area contributed by atoms with E-state index in [2.05, 4.69) is 64.5 Å². The summed E-state index contributed by atoms with van der Waals surface area (Å²) < 4.78 is 2.78. The summed E-state index contributed by atoms with van der Waals surface area (Å²) in [6.07, 6.45) is 0.648. The van der Waals surface area contributed by atoms with Gasteiger partial charge in [-0.15, -0.1) is 10.2 Å². The molecule has 0 radical (unpaired) electrons. The standard InChI is InChI=1S/C26H30BrCl2N5O2S/c1-14(2)10-22(31-25(36)18-8-7-17(28)12-20(18)29)24-32-33-26(34(24)5)37-13-23(35)30-21-9-6-16(27)11-19(21)15(3)4/h6-9,11-12,14-15,22H,10,13H2,1-5H3,(H,30,35)(H,31,36)/t22-/m1/s1. The van der Waals surface area contributed by atoms with E-state index in [1.165, 1.54) is 17.8 Å². The van der Waals surface area contributed by atoms with E-state index in [-0.39, 0.29) is 34.4 Å². The Morgan fingerprint density at radius 2 is 1.81 bits per heavy atom. The molecular formula is C26H30BrCl2N5O2S. The molecule has 0 saturated carbocycles. The van der Waals surface area contributed by atoms with Crippen LogP contribution in [0, 0.1) is 5.92 Å². The third kappa shape index (κ3) is 7.96. The first-order valence-corrected chi connectivity index (χ1v) is 14.4. The highest BCUT2D eigenvalue weighted by Crippen LogP contribution is 2.29. The molecule has 11 heteroatoms. The number of hydrogen-bond acceptors (Lipinski definition) is 5. The number of thioether (sulfide) groups is 1. The van der Waals surface area contributed by atoms with E-state index in [1.807, 2.05) is 29.8 Å². The zero-order valence-corrected chi connectivity index (χ0v) is 25.2. The van der Waals surface area contributed by atoms with Gasteiger partial charge in [0.05, 0.1) is 22.4 Å². The largest absolute Gasteiger partial charge is 0.342 e. The Morgan fingerprint density at radius 3 is 2.46 bits per heavy atom. The van der Waals surface area contributed by atoms with Crippen molar-refractivity contribution in [3.8, 4) is 0 Å². The van der Waals surface area contributed by atoms with E-state index in [9.17, 15) is 9.59 Å². The summed E-state index contributed by atoms with van der Waals surface area (Å²) in [4.78, 5) is 25.7. The fourth-order valence-corrected chi connectivity index (χ4v) is 5.40. The lowest BCUT2D eigenvalue weighted by molar-refractivity contribution is -0.113. The van der Waals surface area contributed by atoms with Gasteiger partial charge >= 0.3 is 0 Å². The zero-order chi connectivity index (χ0) is 27.3. The van der Waals surface area contributed by atoms with Crippen LogP contribution in [-0.4, -0.2) is 32.3 Å². The van der Waals surface area contributed by atoms with Gasteiger partial charge in [0.15, 0.2) is 11.0 Å². The second kappa shape index (κ2) is 13.1. The molecule has 37 heavy (non-hydrogen) atoms. The molecule has 2 amide bonds. The average molecular weight is 627 g/mol. The third-order valence-corrected chi connectivity index (χ3v) is 7.67. The Kier molecular flexibility index (Phi) is 10.5. The van der Waals surface area contributed by atoms with Gasteiger partial charge in [-0.05, 0) is 60.2 Å². The Labute approximate surface area is 240 Å². The van der Waals surface area contributed by atoms with Gasteiger partial charge in [0.25, 0.3) is 5.91 Å². The van der Waals surface area contributed by atoms with Crippen molar-refractivity contribution in [2.75, 3.05) is 11.1 Å². The van der Waals surface area contributed by atoms with E-state index >= 15 is 0 Å². The molecule has 0 aliphatic carbocycles. The summed E-state index contributed by atoms with van der Waals surface area (Å²) in [6, 6.07) is 10.2. The number of halogens is 3. The number of carbonyl (C=O) groups excluding carboxylic acids is 2. The summed E-state index contributed by atoms with van der Waals surface area (Å²) in [7, 11) is 1.83. The molecule has 0 saturated heterocycles. The molecule has 0 fully saturated rings. The minimum atomic E-state index is -0.392. The summed E-state index contributed by atoms with van der Waals surface area (Å²) in [6.45, 7) is 8.30. The molecule has 2 N–H and O–H groups in total. The number of rotatable bonds is 10. The van der Waals surface area contributed by atoms with Crippen LogP contribution in [-0.2, 0) is 11.8 Å². The van der Waals surface area contributed by atoms with Gasteiger partial charge < -0.3 is 15.2 Å². The van der Waals surface area contributed by atoms with Gasteiger partial charge in [-0.3, -0.25) is 9.59 Å². The molecule has 1 atom stereocenters. The molecular weight excluding hydrogens is 597 g/mol. The second-order valence-electron chi connectivity index (χ2n) is 9.40. The monoisotopic (exact) mass is 625 g/mol. The fraction of sp³-hybridized carbons (Fsp3) is 0.385. The number of hydrogen-bond donors (Lipinski definition) is 2. The van der Waals surface area contributed by atoms with Crippen LogP contribution in [0.3, 0.4) is 0 Å². The Morgan fingerprint density at radius 1 is 1.08 bits per heavy atom. The molecule has 198 valence electrons. The van der Waals surface area contributed by atoms with Crippen LogP contribution >= 0.6 is 50.9 Å². The molecule has 3 aromatic rings. The minimum Gasteiger partial charge on any atom is -0.342 e. The molecule has 0 aliphatic heterocycles. The lowest BCUT2D eigenvalue weighted by Gasteiger charge is -2.20. The molecule has 0 unspecified atom stereocenters. The normalized spacial score (nSPS) is 12.2. The SMILES string of the molecule is CC(C)C[C@@H](NC(=O)c1ccc(Cl)cc1Cl)c1nnc(SCC(=O)Nc2ccc(Br)cc2C(C)C)n1C. The number of carbonyl (C=O) groups is 2. The lowest BCUT2D eigenvalue weighted by atomic mass is 10.0. The van der Waals surface area contributed by atoms with Crippen LogP contribution in [0.4, 0.5) is 5.69 Å². The molecule has 3 rings (SSSR count). The van der Waals surface area contributed by atoms with E-state index in [1.54, 1.807) is 12.1 Å². The number of nitrogens with zero attached hydrogens (tertiary/aromatic N) is 3. The van der Waals surface area contributed by atoms with Gasteiger partial charge in [0.1, 0.15) is 0 Å². The molecule has 7 nitrogen and oxygen atoms in total. The predicted molar refractivity (Wildman–Crippen MR) is 155 cm³/mol. The number of amides is 2. The highest BCUT2D eigenvalue weighted by atomic mass is 79.9. The van der Waals surface area contributed by atoms with Crippen molar-refractivity contribution in [3.05, 3.63) is 67.9 Å². The molecule has 0 aliphatic rings. The van der Waals surface area contributed by atoms with Gasteiger partial charge in [-0.1, -0.05) is 78.6 Å². The van der Waals surface area contributed by atoms with Gasteiger partial charge in [0.2, 0.25) is 5.91 Å². The van der Waals surface area contributed by atoms with Crippen LogP contribution in [0.15, 0.2) is 46.0 Å². The Bertz CT molecular complexity index is 1280. The first kappa shape index (κ1) is 29.5. The van der Waals surface area contributed by atoms with Crippen LogP contribution in [0.2, 0.25) is 10.0 Å². The smallest absolute Gasteiger partial charge is 0.253 e. The number of anilines is 1. The highest BCUT2D eigenvalue weighted by molar-refractivity contribution is 9.10. The molecule has 0 bridgehead atoms. The first-order valence-electron chi connectivity index (χ1n) is 11.8. The highest BCUT2D eigenvalue weighted by Gasteiger charge is 2.24. The van der Waals surface area contributed by atoms with Crippen molar-refractivity contribution in [2.24, 2.45) is 13.0 Å². The number of nitrogens with one attached hydrogen (secondary N) is 2. The maximum Gasteiger partial charge on any atom is 0.253 e. The van der Waals surface area contributed by atoms with E-state index in [4.69, 9.17) is 23.2 Å². The van der Waals surface area contributed by atoms with Crippen LogP contribution in [0.25, 0.3) is 0 Å². The average Bonchev–Trinajstić information content (AvgIpc) is 3.18. The number of benzene rings is 2. The van der Waals surface area contributed by atoms with Crippen molar-refractivity contribution >= 4 is 68.4 Å². The topological polar surface area (TPSA) is 88.9 Å². The maximum atomic E-state index is 13.0. The minimum absolute atomic E-state index is 0.136. The van der Waals surface area contributed by atoms with Crippen molar-refractivity contribution in [2.45, 2.75) is 51.2 Å². The van der Waals surface area contributed by atoms with Crippen LogP contribution in [0.1, 0.15) is 67.8 Å². The lowest BCUT2D eigenvalue weighted by Crippen LogP contribution is -2.31. The van der Waals surface area contributed by atoms with Crippen molar-refractivity contribution in [1.82, 2.24) is 20.1 Å². The zero-order valence-electron chi connectivity index (χ0n) is 21.3. The first-order chi connectivity index (χ1) is 17.5. The summed E-state index contributed by atoms with van der Waals surface area (Å²) in [5.41, 5.74) is 2.19. The van der Waals surface area contributed by atoms with Gasteiger partial charge in [0, 0.05) is 22.2 Å². The molecule has 1 heterocycles. The van der Waals surface area contributed by atoms with Gasteiger partial charge in [-0.25, -0.2) is 0 Å². The Hall–Kier alpha value is -2.07. The summed E-state index contributed by atoms with van der Waals surface area (Å²) >= 11 is 17.0. The second-order valence-corrected chi connectivity index (χ2v) is 12.1.